The van der Waals surface area contributed by atoms with E-state index in [4.69, 9.17) is 21.1 Å². The van der Waals surface area contributed by atoms with Crippen molar-refractivity contribution in [1.29, 1.82) is 5.26 Å². The Labute approximate surface area is 206 Å². The number of nitriles is 1. The van der Waals surface area contributed by atoms with E-state index in [9.17, 15) is 10.1 Å². The summed E-state index contributed by atoms with van der Waals surface area (Å²) in [6, 6.07) is 20.3. The van der Waals surface area contributed by atoms with E-state index >= 15 is 0 Å². The van der Waals surface area contributed by atoms with Crippen molar-refractivity contribution < 1.29 is 14.3 Å². The van der Waals surface area contributed by atoms with Gasteiger partial charge in [0.1, 0.15) is 18.2 Å². The Kier molecular flexibility index (Phi) is 8.53. The fraction of sp³-hybridized carbons (Fsp3) is 0.154. The van der Waals surface area contributed by atoms with Crippen molar-refractivity contribution >= 4 is 45.2 Å². The van der Waals surface area contributed by atoms with E-state index in [-0.39, 0.29) is 12.2 Å². The molecule has 3 rings (SSSR count). The van der Waals surface area contributed by atoms with E-state index < -0.39 is 5.91 Å². The molecule has 0 unspecified atom stereocenters. The molecule has 0 heterocycles. The fourth-order valence-electron chi connectivity index (χ4n) is 3.08. The van der Waals surface area contributed by atoms with Crippen LogP contribution in [0.2, 0.25) is 5.02 Å². The molecule has 1 N–H and O–H groups in total. The smallest absolute Gasteiger partial charge is 0.266 e. The van der Waals surface area contributed by atoms with Gasteiger partial charge in [0.05, 0.1) is 11.1 Å². The maximum Gasteiger partial charge on any atom is 0.266 e. The Balaban J connectivity index is 1.86. The zero-order valence-corrected chi connectivity index (χ0v) is 20.5. The summed E-state index contributed by atoms with van der Waals surface area (Å²) in [5.74, 6) is 0.509. The molecule has 0 saturated carbocycles. The number of hydrogen-bond acceptors (Lipinski definition) is 4. The molecule has 0 aromatic heterocycles. The van der Waals surface area contributed by atoms with Crippen molar-refractivity contribution in [3.63, 3.8) is 0 Å². The minimum Gasteiger partial charge on any atom is -0.490 e. The molecule has 0 aliphatic heterocycles. The third-order valence-electron chi connectivity index (χ3n) is 4.61. The lowest BCUT2D eigenvalue weighted by Gasteiger charge is -2.15. The average Bonchev–Trinajstić information content (AvgIpc) is 2.78. The monoisotopic (exact) mass is 524 g/mol. The Morgan fingerprint density at radius 1 is 1.15 bits per heavy atom. The average molecular weight is 526 g/mol. The molecule has 0 radical (unpaired) electrons. The zero-order chi connectivity index (χ0) is 23.8. The molecule has 0 spiro atoms. The van der Waals surface area contributed by atoms with Crippen LogP contribution in [0.5, 0.6) is 11.5 Å². The summed E-state index contributed by atoms with van der Waals surface area (Å²) in [4.78, 5) is 12.6. The van der Waals surface area contributed by atoms with Gasteiger partial charge in [-0.1, -0.05) is 41.9 Å². The normalized spacial score (nSPS) is 10.9. The highest BCUT2D eigenvalue weighted by molar-refractivity contribution is 9.10. The van der Waals surface area contributed by atoms with Gasteiger partial charge >= 0.3 is 0 Å². The lowest BCUT2D eigenvalue weighted by molar-refractivity contribution is -0.112. The van der Waals surface area contributed by atoms with Gasteiger partial charge in [0.15, 0.2) is 11.5 Å². The highest BCUT2D eigenvalue weighted by Gasteiger charge is 2.15. The second kappa shape index (κ2) is 11.6. The molecule has 0 aliphatic rings. The molecule has 1 amide bonds. The number of aryl methyl sites for hydroxylation is 1. The van der Waals surface area contributed by atoms with Gasteiger partial charge < -0.3 is 14.8 Å². The molecule has 3 aromatic carbocycles. The molecule has 0 saturated heterocycles. The van der Waals surface area contributed by atoms with E-state index in [0.29, 0.717) is 38.9 Å². The molecular weight excluding hydrogens is 504 g/mol. The van der Waals surface area contributed by atoms with Crippen molar-refractivity contribution in [2.45, 2.75) is 20.5 Å². The standard InChI is InChI=1S/C26H22BrClN2O3/c1-3-32-24-14-18(12-20(15-29)26(31)30-21-9-6-7-17(2)11-21)13-22(27)25(24)33-16-19-8-4-5-10-23(19)28/h4-14H,3,16H2,1-2H3,(H,30,31)/b20-12-. The maximum absolute atomic E-state index is 12.6. The second-order valence-electron chi connectivity index (χ2n) is 7.14. The topological polar surface area (TPSA) is 71.3 Å². The van der Waals surface area contributed by atoms with Gasteiger partial charge in [0.2, 0.25) is 0 Å². The van der Waals surface area contributed by atoms with Gasteiger partial charge in [-0.05, 0) is 77.3 Å². The van der Waals surface area contributed by atoms with Crippen LogP contribution in [-0.4, -0.2) is 12.5 Å². The number of ether oxygens (including phenoxy) is 2. The van der Waals surface area contributed by atoms with Gasteiger partial charge in [-0.15, -0.1) is 0 Å². The molecule has 0 aliphatic carbocycles. The number of amides is 1. The highest BCUT2D eigenvalue weighted by atomic mass is 79.9. The maximum atomic E-state index is 12.6. The van der Waals surface area contributed by atoms with Crippen molar-refractivity contribution in [2.24, 2.45) is 0 Å². The predicted molar refractivity (Wildman–Crippen MR) is 134 cm³/mol. The Hall–Kier alpha value is -3.27. The van der Waals surface area contributed by atoms with Crippen LogP contribution in [0, 0.1) is 18.3 Å². The third kappa shape index (κ3) is 6.61. The minimum atomic E-state index is -0.490. The van der Waals surface area contributed by atoms with Crippen LogP contribution in [0.3, 0.4) is 0 Å². The van der Waals surface area contributed by atoms with Crippen LogP contribution in [-0.2, 0) is 11.4 Å². The minimum absolute atomic E-state index is 0.0319. The first-order chi connectivity index (χ1) is 15.9. The Morgan fingerprint density at radius 3 is 2.64 bits per heavy atom. The molecule has 0 bridgehead atoms. The summed E-state index contributed by atoms with van der Waals surface area (Å²) in [5.41, 5.74) is 3.06. The lowest BCUT2D eigenvalue weighted by atomic mass is 10.1. The Bertz CT molecular complexity index is 1230. The Morgan fingerprint density at radius 2 is 1.94 bits per heavy atom. The third-order valence-corrected chi connectivity index (χ3v) is 5.57. The van der Waals surface area contributed by atoms with Crippen LogP contribution >= 0.6 is 27.5 Å². The first kappa shape index (κ1) is 24.4. The zero-order valence-electron chi connectivity index (χ0n) is 18.2. The summed E-state index contributed by atoms with van der Waals surface area (Å²) < 4.78 is 12.4. The summed E-state index contributed by atoms with van der Waals surface area (Å²) in [6.45, 7) is 4.47. The summed E-state index contributed by atoms with van der Waals surface area (Å²) >= 11 is 9.75. The molecule has 7 heteroatoms. The molecule has 5 nitrogen and oxygen atoms in total. The van der Waals surface area contributed by atoms with Crippen LogP contribution in [0.1, 0.15) is 23.6 Å². The van der Waals surface area contributed by atoms with Crippen LogP contribution < -0.4 is 14.8 Å². The molecule has 33 heavy (non-hydrogen) atoms. The number of carbonyl (C=O) groups is 1. The second-order valence-corrected chi connectivity index (χ2v) is 8.40. The number of carbonyl (C=O) groups excluding carboxylic acids is 1. The largest absolute Gasteiger partial charge is 0.490 e. The summed E-state index contributed by atoms with van der Waals surface area (Å²) in [7, 11) is 0. The van der Waals surface area contributed by atoms with Gasteiger partial charge in [0.25, 0.3) is 5.91 Å². The van der Waals surface area contributed by atoms with Crippen molar-refractivity contribution in [1.82, 2.24) is 0 Å². The number of halogens is 2. The number of nitrogens with zero attached hydrogens (tertiary/aromatic N) is 1. The highest BCUT2D eigenvalue weighted by Crippen LogP contribution is 2.38. The van der Waals surface area contributed by atoms with Gasteiger partial charge in [-0.3, -0.25) is 4.79 Å². The lowest BCUT2D eigenvalue weighted by Crippen LogP contribution is -2.13. The number of anilines is 1. The molecular formula is C26H22BrClN2O3. The van der Waals surface area contributed by atoms with Crippen molar-refractivity contribution in [2.75, 3.05) is 11.9 Å². The van der Waals surface area contributed by atoms with Crippen molar-refractivity contribution in [3.8, 4) is 17.6 Å². The first-order valence-electron chi connectivity index (χ1n) is 10.2. The van der Waals surface area contributed by atoms with E-state index in [2.05, 4.69) is 21.2 Å². The molecule has 0 fully saturated rings. The van der Waals surface area contributed by atoms with Crippen molar-refractivity contribution in [3.05, 3.63) is 92.4 Å². The molecule has 168 valence electrons. The molecule has 3 aromatic rings. The number of hydrogen-bond donors (Lipinski definition) is 1. The number of benzene rings is 3. The predicted octanol–water partition coefficient (Wildman–Crippen LogP) is 6.93. The molecule has 0 atom stereocenters. The summed E-state index contributed by atoms with van der Waals surface area (Å²) in [5, 5.41) is 12.9. The van der Waals surface area contributed by atoms with Crippen LogP contribution in [0.4, 0.5) is 5.69 Å². The SMILES string of the molecule is CCOc1cc(/C=C(/C#N)C(=O)Nc2cccc(C)c2)cc(Br)c1OCc1ccccc1Cl. The quantitative estimate of drug-likeness (QED) is 0.256. The van der Waals surface area contributed by atoms with Gasteiger partial charge in [0, 0.05) is 16.3 Å². The van der Waals surface area contributed by atoms with E-state index in [0.717, 1.165) is 11.1 Å². The fourth-order valence-corrected chi connectivity index (χ4v) is 3.84. The number of nitrogens with one attached hydrogen (secondary N) is 1. The van der Waals surface area contributed by atoms with Gasteiger partial charge in [-0.2, -0.15) is 5.26 Å². The van der Waals surface area contributed by atoms with E-state index in [1.807, 2.05) is 56.3 Å². The van der Waals surface area contributed by atoms with E-state index in [1.165, 1.54) is 6.08 Å². The van der Waals surface area contributed by atoms with Crippen LogP contribution in [0.15, 0.2) is 70.7 Å². The number of rotatable bonds is 8. The van der Waals surface area contributed by atoms with Gasteiger partial charge in [-0.25, -0.2) is 0 Å². The van der Waals surface area contributed by atoms with Crippen LogP contribution in [0.25, 0.3) is 6.08 Å². The first-order valence-corrected chi connectivity index (χ1v) is 11.4. The van der Waals surface area contributed by atoms with E-state index in [1.54, 1.807) is 24.3 Å². The summed E-state index contributed by atoms with van der Waals surface area (Å²) in [6.07, 6.45) is 1.51.